The molecule has 1 fully saturated rings. The smallest absolute Gasteiger partial charge is 0.271 e. The van der Waals surface area contributed by atoms with Crippen molar-refractivity contribution >= 4 is 38.8 Å². The lowest BCUT2D eigenvalue weighted by atomic mass is 10.2. The molecule has 2 unspecified atom stereocenters. The Labute approximate surface area is 119 Å². The van der Waals surface area contributed by atoms with Gasteiger partial charge in [-0.2, -0.15) is 0 Å². The summed E-state index contributed by atoms with van der Waals surface area (Å²) in [4.78, 5) is 16.1. The van der Waals surface area contributed by atoms with E-state index in [0.717, 1.165) is 4.34 Å². The highest BCUT2D eigenvalue weighted by Gasteiger charge is 2.39. The van der Waals surface area contributed by atoms with E-state index in [-0.39, 0.29) is 17.4 Å². The molecule has 6 nitrogen and oxygen atoms in total. The van der Waals surface area contributed by atoms with Gasteiger partial charge in [-0.25, -0.2) is 13.4 Å². The minimum Gasteiger partial charge on any atom is -0.378 e. The highest BCUT2D eigenvalue weighted by Crippen LogP contribution is 2.20. The highest BCUT2D eigenvalue weighted by atomic mass is 32.2. The summed E-state index contributed by atoms with van der Waals surface area (Å²) in [5.41, 5.74) is 0.313. The van der Waals surface area contributed by atoms with Gasteiger partial charge in [0.25, 0.3) is 5.91 Å². The average molecular weight is 322 g/mol. The molecule has 0 bridgehead atoms. The van der Waals surface area contributed by atoms with Crippen molar-refractivity contribution in [2.75, 3.05) is 24.9 Å². The Morgan fingerprint density at radius 2 is 2.32 bits per heavy atom. The molecule has 106 valence electrons. The van der Waals surface area contributed by atoms with Gasteiger partial charge in [0.15, 0.2) is 9.84 Å². The van der Waals surface area contributed by atoms with Crippen molar-refractivity contribution in [3.05, 3.63) is 11.1 Å². The molecule has 0 saturated carbocycles. The fourth-order valence-corrected chi connectivity index (χ4v) is 4.97. The zero-order chi connectivity index (χ0) is 14.0. The number of ether oxygens (including phenoxy) is 1. The van der Waals surface area contributed by atoms with Gasteiger partial charge < -0.3 is 10.1 Å². The number of nitrogens with one attached hydrogen (secondary N) is 1. The van der Waals surface area contributed by atoms with Gasteiger partial charge in [-0.05, 0) is 6.26 Å². The number of thioether (sulfide) groups is 1. The third-order valence-corrected chi connectivity index (χ3v) is 6.38. The van der Waals surface area contributed by atoms with Crippen LogP contribution in [0.3, 0.4) is 0 Å². The Balaban J connectivity index is 2.06. The lowest BCUT2D eigenvalue weighted by Crippen LogP contribution is -2.43. The van der Waals surface area contributed by atoms with Gasteiger partial charge in [-0.3, -0.25) is 4.79 Å². The molecule has 0 spiro atoms. The lowest BCUT2D eigenvalue weighted by molar-refractivity contribution is 0.0783. The van der Waals surface area contributed by atoms with Gasteiger partial charge in [-0.15, -0.1) is 11.3 Å². The van der Waals surface area contributed by atoms with E-state index in [0.29, 0.717) is 5.69 Å². The van der Waals surface area contributed by atoms with Crippen LogP contribution in [0.5, 0.6) is 0 Å². The van der Waals surface area contributed by atoms with Gasteiger partial charge in [0, 0.05) is 12.5 Å². The minimum absolute atomic E-state index is 0.0540. The van der Waals surface area contributed by atoms with Crippen molar-refractivity contribution in [3.8, 4) is 0 Å². The molecular formula is C10H14N2O4S3. The fourth-order valence-electron chi connectivity index (χ4n) is 1.88. The van der Waals surface area contributed by atoms with Crippen LogP contribution in [0.15, 0.2) is 9.72 Å². The fraction of sp³-hybridized carbons (Fsp3) is 0.600. The maximum atomic E-state index is 12.0. The number of carbonyl (C=O) groups is 1. The number of hydrogen-bond donors (Lipinski definition) is 1. The van der Waals surface area contributed by atoms with Crippen molar-refractivity contribution in [3.63, 3.8) is 0 Å². The molecule has 2 heterocycles. The normalized spacial score (nSPS) is 25.4. The predicted octanol–water partition coefficient (Wildman–Crippen LogP) is 0.407. The van der Waals surface area contributed by atoms with E-state index in [1.54, 1.807) is 5.38 Å². The third-order valence-electron chi connectivity index (χ3n) is 2.81. The summed E-state index contributed by atoms with van der Waals surface area (Å²) in [7, 11) is -1.70. The van der Waals surface area contributed by atoms with Crippen molar-refractivity contribution in [2.24, 2.45) is 0 Å². The largest absolute Gasteiger partial charge is 0.378 e. The average Bonchev–Trinajstić information content (AvgIpc) is 2.93. The summed E-state index contributed by atoms with van der Waals surface area (Å²) < 4.78 is 29.0. The van der Waals surface area contributed by atoms with E-state index in [1.165, 1.54) is 30.2 Å². The van der Waals surface area contributed by atoms with E-state index in [9.17, 15) is 13.2 Å². The van der Waals surface area contributed by atoms with Gasteiger partial charge >= 0.3 is 0 Å². The Morgan fingerprint density at radius 1 is 1.58 bits per heavy atom. The lowest BCUT2D eigenvalue weighted by Gasteiger charge is -2.17. The number of rotatable bonds is 4. The van der Waals surface area contributed by atoms with Gasteiger partial charge in [-0.1, -0.05) is 11.8 Å². The quantitative estimate of drug-likeness (QED) is 0.808. The van der Waals surface area contributed by atoms with Gasteiger partial charge in [0.1, 0.15) is 10.0 Å². The Kier molecular flexibility index (Phi) is 4.49. The maximum Gasteiger partial charge on any atom is 0.271 e. The predicted molar refractivity (Wildman–Crippen MR) is 74.6 cm³/mol. The van der Waals surface area contributed by atoms with Gasteiger partial charge in [0.05, 0.1) is 23.7 Å². The summed E-state index contributed by atoms with van der Waals surface area (Å²) in [5.74, 6) is -0.501. The number of aromatic nitrogens is 1. The van der Waals surface area contributed by atoms with Crippen molar-refractivity contribution < 1.29 is 17.9 Å². The Bertz CT molecular complexity index is 569. The molecule has 1 saturated heterocycles. The first kappa shape index (κ1) is 14.8. The molecule has 1 amide bonds. The summed E-state index contributed by atoms with van der Waals surface area (Å²) in [6.45, 7) is 0. The molecule has 9 heteroatoms. The monoisotopic (exact) mass is 322 g/mol. The van der Waals surface area contributed by atoms with Crippen LogP contribution in [0.4, 0.5) is 0 Å². The van der Waals surface area contributed by atoms with Gasteiger partial charge in [0.2, 0.25) is 0 Å². The molecule has 2 rings (SSSR count). The maximum absolute atomic E-state index is 12.0. The van der Waals surface area contributed by atoms with Crippen LogP contribution < -0.4 is 5.32 Å². The van der Waals surface area contributed by atoms with Crippen LogP contribution in [0, 0.1) is 0 Å². The Hall–Kier alpha value is -0.640. The van der Waals surface area contributed by atoms with Crippen LogP contribution in [0.2, 0.25) is 0 Å². The molecule has 2 atom stereocenters. The molecule has 1 N–H and O–H groups in total. The zero-order valence-electron chi connectivity index (χ0n) is 10.5. The summed E-state index contributed by atoms with van der Waals surface area (Å²) in [6, 6.07) is -0.512. The molecule has 1 aliphatic rings. The summed E-state index contributed by atoms with van der Waals surface area (Å²) in [6.07, 6.45) is 1.39. The second-order valence-electron chi connectivity index (χ2n) is 4.13. The Morgan fingerprint density at radius 3 is 2.89 bits per heavy atom. The van der Waals surface area contributed by atoms with Crippen molar-refractivity contribution in [1.82, 2.24) is 10.3 Å². The highest BCUT2D eigenvalue weighted by molar-refractivity contribution is 8.00. The molecule has 1 aromatic heterocycles. The van der Waals surface area contributed by atoms with Crippen molar-refractivity contribution in [2.45, 2.75) is 16.5 Å². The van der Waals surface area contributed by atoms with Crippen molar-refractivity contribution in [1.29, 1.82) is 0 Å². The molecule has 1 aromatic rings. The van der Waals surface area contributed by atoms with Crippen LogP contribution in [-0.2, 0) is 14.6 Å². The molecule has 19 heavy (non-hydrogen) atoms. The number of amides is 1. The van der Waals surface area contributed by atoms with Crippen LogP contribution in [0.1, 0.15) is 10.5 Å². The van der Waals surface area contributed by atoms with E-state index < -0.39 is 22.0 Å². The van der Waals surface area contributed by atoms with E-state index >= 15 is 0 Å². The first-order chi connectivity index (χ1) is 8.95. The standard InChI is InChI=1S/C10H14N2O4S3/c1-16-8-5-19(14,15)4-7(8)11-9(13)6-3-18-10(12-6)17-2/h3,7-8H,4-5H2,1-2H3,(H,11,13). The van der Waals surface area contributed by atoms with E-state index in [1.807, 2.05) is 6.26 Å². The molecule has 0 aliphatic carbocycles. The first-order valence-corrected chi connectivity index (χ1v) is 9.41. The molecule has 0 aromatic carbocycles. The number of hydrogen-bond acceptors (Lipinski definition) is 7. The second kappa shape index (κ2) is 5.78. The van der Waals surface area contributed by atoms with E-state index in [4.69, 9.17) is 4.74 Å². The van der Waals surface area contributed by atoms with E-state index in [2.05, 4.69) is 10.3 Å². The summed E-state index contributed by atoms with van der Waals surface area (Å²) >= 11 is 2.85. The number of thiazole rings is 1. The molecule has 1 aliphatic heterocycles. The second-order valence-corrected chi connectivity index (χ2v) is 8.20. The minimum atomic E-state index is -3.15. The number of carbonyl (C=O) groups excluding carboxylic acids is 1. The van der Waals surface area contributed by atoms with Crippen LogP contribution in [-0.4, -0.2) is 56.3 Å². The van der Waals surface area contributed by atoms with Crippen LogP contribution in [0.25, 0.3) is 0 Å². The third kappa shape index (κ3) is 3.47. The number of sulfone groups is 1. The number of nitrogens with zero attached hydrogens (tertiary/aromatic N) is 1. The zero-order valence-corrected chi connectivity index (χ0v) is 12.9. The van der Waals surface area contributed by atoms with Crippen LogP contribution >= 0.6 is 23.1 Å². The molecule has 0 radical (unpaired) electrons. The first-order valence-electron chi connectivity index (χ1n) is 5.49. The summed E-state index contributed by atoms with van der Waals surface area (Å²) in [5, 5.41) is 4.34. The molecular weight excluding hydrogens is 308 g/mol. The topological polar surface area (TPSA) is 85.4 Å². The number of methoxy groups -OCH3 is 1. The SMILES string of the molecule is COC1CS(=O)(=O)CC1NC(=O)c1csc(SC)n1.